The molecule has 0 unspecified atom stereocenters. The lowest BCUT2D eigenvalue weighted by atomic mass is 9.84. The zero-order valence-electron chi connectivity index (χ0n) is 11.5. The first-order valence-electron chi connectivity index (χ1n) is 6.70. The van der Waals surface area contributed by atoms with E-state index < -0.39 is 5.16 Å². The molecule has 104 valence electrons. The SMILES string of the molecule is CCCC(P=O)(c1ccccc1N)c1ccccc1N. The summed E-state index contributed by atoms with van der Waals surface area (Å²) in [6.07, 6.45) is 1.61. The molecule has 0 aliphatic rings. The minimum atomic E-state index is -0.675. The zero-order valence-corrected chi connectivity index (χ0v) is 12.4. The Kier molecular flexibility index (Phi) is 4.41. The third-order valence-corrected chi connectivity index (χ3v) is 4.60. The standard InChI is InChI=1S/C16H19N2OP/c1-2-11-16(20-19,12-7-3-5-9-14(12)17)13-8-4-6-10-15(13)18/h3-10H,2,11,17-18H2,1H3. The van der Waals surface area contributed by atoms with E-state index in [9.17, 15) is 4.57 Å². The molecule has 0 atom stereocenters. The molecule has 0 bridgehead atoms. The van der Waals surface area contributed by atoms with Gasteiger partial charge in [0.25, 0.3) is 0 Å². The van der Waals surface area contributed by atoms with Crippen molar-refractivity contribution in [2.45, 2.75) is 24.9 Å². The Hall–Kier alpha value is -1.86. The molecule has 0 fully saturated rings. The number of para-hydroxylation sites is 2. The molecule has 0 aliphatic heterocycles. The largest absolute Gasteiger partial charge is 0.398 e. The molecule has 2 aromatic carbocycles. The van der Waals surface area contributed by atoms with Gasteiger partial charge in [-0.3, -0.25) is 4.57 Å². The molecule has 4 heteroatoms. The van der Waals surface area contributed by atoms with E-state index in [4.69, 9.17) is 11.5 Å². The van der Waals surface area contributed by atoms with Crippen LogP contribution in [-0.4, -0.2) is 0 Å². The van der Waals surface area contributed by atoms with Gasteiger partial charge in [-0.2, -0.15) is 0 Å². The summed E-state index contributed by atoms with van der Waals surface area (Å²) in [4.78, 5) is 0. The molecule has 2 aromatic rings. The molecular formula is C16H19N2OP. The average molecular weight is 286 g/mol. The van der Waals surface area contributed by atoms with Crippen LogP contribution in [0.4, 0.5) is 11.4 Å². The van der Waals surface area contributed by atoms with Gasteiger partial charge in [0, 0.05) is 11.4 Å². The van der Waals surface area contributed by atoms with Gasteiger partial charge in [0.05, 0.1) is 0 Å². The van der Waals surface area contributed by atoms with Gasteiger partial charge in [-0.25, -0.2) is 0 Å². The molecule has 20 heavy (non-hydrogen) atoms. The third-order valence-electron chi connectivity index (χ3n) is 3.58. The topological polar surface area (TPSA) is 69.1 Å². The van der Waals surface area contributed by atoms with E-state index >= 15 is 0 Å². The Labute approximate surface area is 121 Å². The number of anilines is 2. The molecular weight excluding hydrogens is 267 g/mol. The van der Waals surface area contributed by atoms with E-state index in [1.54, 1.807) is 0 Å². The van der Waals surface area contributed by atoms with Crippen molar-refractivity contribution in [3.63, 3.8) is 0 Å². The lowest BCUT2D eigenvalue weighted by molar-refractivity contribution is 0.557. The molecule has 0 radical (unpaired) electrons. The molecule has 3 nitrogen and oxygen atoms in total. The summed E-state index contributed by atoms with van der Waals surface area (Å²) in [5.74, 6) is 0. The number of rotatable bonds is 5. The highest BCUT2D eigenvalue weighted by Crippen LogP contribution is 2.49. The van der Waals surface area contributed by atoms with Crippen LogP contribution in [0.5, 0.6) is 0 Å². The van der Waals surface area contributed by atoms with Crippen LogP contribution in [0.3, 0.4) is 0 Å². The van der Waals surface area contributed by atoms with E-state index in [0.29, 0.717) is 11.4 Å². The van der Waals surface area contributed by atoms with Crippen LogP contribution in [0.1, 0.15) is 30.9 Å². The van der Waals surface area contributed by atoms with Gasteiger partial charge in [0.2, 0.25) is 0 Å². The van der Waals surface area contributed by atoms with Gasteiger partial charge in [-0.15, -0.1) is 0 Å². The van der Waals surface area contributed by atoms with E-state index in [2.05, 4.69) is 6.92 Å². The number of nitrogens with two attached hydrogens (primary N) is 2. The minimum absolute atomic E-state index is 0.0151. The van der Waals surface area contributed by atoms with Crippen molar-refractivity contribution in [1.82, 2.24) is 0 Å². The fourth-order valence-electron chi connectivity index (χ4n) is 2.67. The first-order chi connectivity index (χ1) is 9.65. The molecule has 4 N–H and O–H groups in total. The predicted octanol–water partition coefficient (Wildman–Crippen LogP) is 4.19. The molecule has 0 aromatic heterocycles. The van der Waals surface area contributed by atoms with Crippen molar-refractivity contribution in [3.8, 4) is 0 Å². The van der Waals surface area contributed by atoms with Gasteiger partial charge in [0.15, 0.2) is 8.46 Å². The van der Waals surface area contributed by atoms with Crippen molar-refractivity contribution in [2.75, 3.05) is 11.5 Å². The monoisotopic (exact) mass is 286 g/mol. The highest BCUT2D eigenvalue weighted by atomic mass is 31.1. The lowest BCUT2D eigenvalue weighted by Crippen LogP contribution is -2.23. The smallest absolute Gasteiger partial charge is 0.171 e. The predicted molar refractivity (Wildman–Crippen MR) is 85.0 cm³/mol. The second-order valence-corrected chi connectivity index (χ2v) is 5.82. The normalized spacial score (nSPS) is 11.7. The van der Waals surface area contributed by atoms with Crippen molar-refractivity contribution >= 4 is 19.8 Å². The highest BCUT2D eigenvalue weighted by molar-refractivity contribution is 7.26. The van der Waals surface area contributed by atoms with Gasteiger partial charge in [-0.1, -0.05) is 49.7 Å². The summed E-state index contributed by atoms with van der Waals surface area (Å²) >= 11 is 0. The zero-order chi connectivity index (χ0) is 14.6. The van der Waals surface area contributed by atoms with Crippen LogP contribution in [0, 0.1) is 0 Å². The summed E-state index contributed by atoms with van der Waals surface area (Å²) < 4.78 is 12.1. The van der Waals surface area contributed by atoms with Crippen molar-refractivity contribution < 1.29 is 4.57 Å². The summed E-state index contributed by atoms with van der Waals surface area (Å²) in [5.41, 5.74) is 15.3. The second-order valence-electron chi connectivity index (χ2n) is 4.88. The van der Waals surface area contributed by atoms with Gasteiger partial charge in [-0.05, 0) is 29.7 Å². The fraction of sp³-hybridized carbons (Fsp3) is 0.250. The maximum Gasteiger partial charge on any atom is 0.171 e. The van der Waals surface area contributed by atoms with Gasteiger partial charge >= 0.3 is 0 Å². The van der Waals surface area contributed by atoms with Crippen LogP contribution in [0.15, 0.2) is 48.5 Å². The molecule has 0 heterocycles. The number of benzene rings is 2. The van der Waals surface area contributed by atoms with Gasteiger partial charge in [0.1, 0.15) is 5.16 Å². The fourth-order valence-corrected chi connectivity index (χ4v) is 3.59. The first-order valence-corrected chi connectivity index (χ1v) is 7.51. The van der Waals surface area contributed by atoms with Crippen LogP contribution >= 0.6 is 8.46 Å². The van der Waals surface area contributed by atoms with E-state index in [1.807, 2.05) is 48.5 Å². The quantitative estimate of drug-likeness (QED) is 0.639. The van der Waals surface area contributed by atoms with Gasteiger partial charge < -0.3 is 11.5 Å². The molecule has 0 aliphatic carbocycles. The summed E-state index contributed by atoms with van der Waals surface area (Å²) in [7, 11) is 0.0151. The molecule has 2 rings (SSSR count). The summed E-state index contributed by atoms with van der Waals surface area (Å²) in [6, 6.07) is 15.1. The number of hydrogen-bond donors (Lipinski definition) is 2. The second kappa shape index (κ2) is 6.06. The van der Waals surface area contributed by atoms with Crippen LogP contribution in [-0.2, 0) is 9.72 Å². The molecule has 0 amide bonds. The Balaban J connectivity index is 2.72. The van der Waals surface area contributed by atoms with Crippen molar-refractivity contribution in [1.29, 1.82) is 0 Å². The number of nitrogen functional groups attached to an aromatic ring is 2. The minimum Gasteiger partial charge on any atom is -0.398 e. The van der Waals surface area contributed by atoms with E-state index in [1.165, 1.54) is 0 Å². The Bertz CT molecular complexity index is 567. The lowest BCUT2D eigenvalue weighted by Gasteiger charge is -2.30. The summed E-state index contributed by atoms with van der Waals surface area (Å²) in [5, 5.41) is -0.675. The third kappa shape index (κ3) is 2.41. The molecule has 0 saturated heterocycles. The molecule has 0 spiro atoms. The summed E-state index contributed by atoms with van der Waals surface area (Å²) in [6.45, 7) is 2.07. The average Bonchev–Trinajstić information content (AvgIpc) is 2.46. The number of hydrogen-bond acceptors (Lipinski definition) is 3. The Morgan fingerprint density at radius 1 is 0.950 bits per heavy atom. The van der Waals surface area contributed by atoms with E-state index in [-0.39, 0.29) is 8.46 Å². The Morgan fingerprint density at radius 3 is 1.75 bits per heavy atom. The maximum atomic E-state index is 12.1. The highest BCUT2D eigenvalue weighted by Gasteiger charge is 2.37. The van der Waals surface area contributed by atoms with Crippen molar-refractivity contribution in [2.24, 2.45) is 0 Å². The van der Waals surface area contributed by atoms with E-state index in [0.717, 1.165) is 24.0 Å². The maximum absolute atomic E-state index is 12.1. The molecule has 0 saturated carbocycles. The van der Waals surface area contributed by atoms with Crippen LogP contribution in [0.25, 0.3) is 0 Å². The van der Waals surface area contributed by atoms with Crippen molar-refractivity contribution in [3.05, 3.63) is 59.7 Å². The Morgan fingerprint density at radius 2 is 1.40 bits per heavy atom. The van der Waals surface area contributed by atoms with Crippen LogP contribution in [0.2, 0.25) is 0 Å². The van der Waals surface area contributed by atoms with Crippen LogP contribution < -0.4 is 11.5 Å². The first kappa shape index (κ1) is 14.5.